The Morgan fingerprint density at radius 1 is 1.35 bits per heavy atom. The molecule has 0 aliphatic carbocycles. The van der Waals surface area contributed by atoms with Crippen LogP contribution in [0.2, 0.25) is 0 Å². The molecule has 0 unspecified atom stereocenters. The summed E-state index contributed by atoms with van der Waals surface area (Å²) in [5.41, 5.74) is 0.203. The fraction of sp³-hybridized carbons (Fsp3) is 0.250. The maximum atomic E-state index is 12.8. The van der Waals surface area contributed by atoms with Crippen LogP contribution in [0, 0.1) is 0 Å². The van der Waals surface area contributed by atoms with Crippen LogP contribution in [0.25, 0.3) is 10.9 Å². The van der Waals surface area contributed by atoms with Gasteiger partial charge in [0, 0.05) is 30.6 Å². The van der Waals surface area contributed by atoms with Gasteiger partial charge in [0.25, 0.3) is 0 Å². The number of carbonyl (C=O) groups is 1. The number of rotatable bonds is 2. The summed E-state index contributed by atoms with van der Waals surface area (Å²) in [5, 5.41) is 0.120. The van der Waals surface area contributed by atoms with Crippen LogP contribution in [0.1, 0.15) is 11.1 Å². The van der Waals surface area contributed by atoms with E-state index >= 15 is 0 Å². The van der Waals surface area contributed by atoms with E-state index in [-0.39, 0.29) is 11.8 Å². The minimum absolute atomic E-state index is 0.00949. The lowest BCUT2D eigenvalue weighted by Gasteiger charge is -2.09. The first kappa shape index (κ1) is 11.7. The van der Waals surface area contributed by atoms with Gasteiger partial charge in [0.1, 0.15) is 6.29 Å². The molecule has 0 aliphatic heterocycles. The van der Waals surface area contributed by atoms with Crippen LogP contribution >= 0.6 is 0 Å². The average Bonchev–Trinajstić information content (AvgIpc) is 2.55. The lowest BCUT2D eigenvalue weighted by atomic mass is 10.0. The molecule has 0 bridgehead atoms. The molecule has 0 N–H and O–H groups in total. The first-order chi connectivity index (χ1) is 7.95. The Hall–Kier alpha value is -1.78. The number of nitrogens with zero attached hydrogens (tertiary/aromatic N) is 1. The molecule has 0 saturated carbocycles. The van der Waals surface area contributed by atoms with E-state index in [1.54, 1.807) is 23.9 Å². The number of benzene rings is 1. The van der Waals surface area contributed by atoms with Crippen molar-refractivity contribution in [3.05, 3.63) is 35.5 Å². The number of alkyl halides is 3. The van der Waals surface area contributed by atoms with E-state index in [1.165, 1.54) is 6.07 Å². The summed E-state index contributed by atoms with van der Waals surface area (Å²) in [7, 11) is 1.66. The van der Waals surface area contributed by atoms with Gasteiger partial charge in [-0.2, -0.15) is 13.2 Å². The molecule has 0 atom stereocenters. The Morgan fingerprint density at radius 3 is 2.65 bits per heavy atom. The zero-order valence-corrected chi connectivity index (χ0v) is 9.08. The normalized spacial score (nSPS) is 12.0. The number of aryl methyl sites for hydroxylation is 1. The van der Waals surface area contributed by atoms with Crippen molar-refractivity contribution in [2.24, 2.45) is 7.05 Å². The van der Waals surface area contributed by atoms with Crippen molar-refractivity contribution >= 4 is 17.2 Å². The Morgan fingerprint density at radius 2 is 2.06 bits per heavy atom. The topological polar surface area (TPSA) is 22.0 Å². The third kappa shape index (κ3) is 1.92. The third-order valence-electron chi connectivity index (χ3n) is 2.70. The summed E-state index contributed by atoms with van der Waals surface area (Å²) in [6.07, 6.45) is -2.24. The number of fused-ring (bicyclic) bond motifs is 1. The fourth-order valence-corrected chi connectivity index (χ4v) is 2.02. The van der Waals surface area contributed by atoms with E-state index in [9.17, 15) is 18.0 Å². The summed E-state index contributed by atoms with van der Waals surface area (Å²) in [4.78, 5) is 10.5. The summed E-state index contributed by atoms with van der Waals surface area (Å²) in [6, 6.07) is 4.02. The van der Waals surface area contributed by atoms with Crippen molar-refractivity contribution in [2.75, 3.05) is 0 Å². The van der Waals surface area contributed by atoms with Gasteiger partial charge in [-0.25, -0.2) is 0 Å². The highest BCUT2D eigenvalue weighted by molar-refractivity contribution is 5.89. The van der Waals surface area contributed by atoms with E-state index in [0.717, 1.165) is 6.07 Å². The number of aromatic nitrogens is 1. The van der Waals surface area contributed by atoms with Gasteiger partial charge in [0.15, 0.2) is 0 Å². The predicted molar refractivity (Wildman–Crippen MR) is 57.7 cm³/mol. The number of hydrogen-bond donors (Lipinski definition) is 0. The SMILES string of the molecule is Cn1cc(CC=O)c2c(C(F)(F)F)cccc21. The lowest BCUT2D eigenvalue weighted by molar-refractivity contribution is -0.136. The molecule has 2 aromatic rings. The Balaban J connectivity index is 2.81. The second kappa shape index (κ2) is 3.91. The van der Waals surface area contributed by atoms with E-state index in [0.29, 0.717) is 17.4 Å². The Kier molecular flexibility index (Phi) is 2.69. The zero-order valence-electron chi connectivity index (χ0n) is 9.08. The highest BCUT2D eigenvalue weighted by atomic mass is 19.4. The highest BCUT2D eigenvalue weighted by Gasteiger charge is 2.33. The minimum Gasteiger partial charge on any atom is -0.350 e. The van der Waals surface area contributed by atoms with Crippen molar-refractivity contribution in [2.45, 2.75) is 12.6 Å². The molecule has 2 rings (SSSR count). The Bertz CT molecular complexity index is 569. The van der Waals surface area contributed by atoms with Crippen molar-refractivity contribution in [1.82, 2.24) is 4.57 Å². The molecule has 0 spiro atoms. The molecule has 90 valence electrons. The number of carbonyl (C=O) groups excluding carboxylic acids is 1. The van der Waals surface area contributed by atoms with E-state index in [1.807, 2.05) is 0 Å². The van der Waals surface area contributed by atoms with Crippen LogP contribution in [0.15, 0.2) is 24.4 Å². The molecular weight excluding hydrogens is 231 g/mol. The number of hydrogen-bond acceptors (Lipinski definition) is 1. The first-order valence-corrected chi connectivity index (χ1v) is 5.03. The third-order valence-corrected chi connectivity index (χ3v) is 2.70. The lowest BCUT2D eigenvalue weighted by Crippen LogP contribution is -2.06. The molecular formula is C12H10F3NO. The van der Waals surface area contributed by atoms with Crippen LogP contribution < -0.4 is 0 Å². The summed E-state index contributed by atoms with van der Waals surface area (Å²) >= 11 is 0. The van der Waals surface area contributed by atoms with Gasteiger partial charge in [-0.05, 0) is 17.7 Å². The van der Waals surface area contributed by atoms with Crippen LogP contribution in [0.5, 0.6) is 0 Å². The monoisotopic (exact) mass is 241 g/mol. The maximum absolute atomic E-state index is 12.8. The molecule has 0 amide bonds. The molecule has 0 radical (unpaired) electrons. The Labute approximate surface area is 95.7 Å². The standard InChI is InChI=1S/C12H10F3NO/c1-16-7-8(5-6-17)11-9(12(13,14)15)3-2-4-10(11)16/h2-4,6-7H,5H2,1H3. The van der Waals surface area contributed by atoms with Crippen LogP contribution in [-0.2, 0) is 24.4 Å². The number of halogens is 3. The largest absolute Gasteiger partial charge is 0.417 e. The molecule has 0 aliphatic rings. The van der Waals surface area contributed by atoms with Gasteiger partial charge in [-0.3, -0.25) is 0 Å². The fourth-order valence-electron chi connectivity index (χ4n) is 2.02. The molecule has 5 heteroatoms. The van der Waals surface area contributed by atoms with E-state index in [2.05, 4.69) is 0 Å². The molecule has 0 fully saturated rings. The van der Waals surface area contributed by atoms with Crippen LogP contribution in [0.4, 0.5) is 13.2 Å². The van der Waals surface area contributed by atoms with Crippen molar-refractivity contribution in [3.63, 3.8) is 0 Å². The molecule has 1 aromatic heterocycles. The minimum atomic E-state index is -4.40. The summed E-state index contributed by atoms with van der Waals surface area (Å²) < 4.78 is 40.1. The van der Waals surface area contributed by atoms with Gasteiger partial charge in [0.2, 0.25) is 0 Å². The smallest absolute Gasteiger partial charge is 0.350 e. The van der Waals surface area contributed by atoms with Crippen molar-refractivity contribution in [1.29, 1.82) is 0 Å². The molecule has 2 nitrogen and oxygen atoms in total. The molecule has 1 aromatic carbocycles. The quantitative estimate of drug-likeness (QED) is 0.741. The molecule has 17 heavy (non-hydrogen) atoms. The van der Waals surface area contributed by atoms with Gasteiger partial charge in [-0.1, -0.05) is 6.07 Å². The second-order valence-electron chi connectivity index (χ2n) is 3.83. The molecule has 0 saturated heterocycles. The zero-order chi connectivity index (χ0) is 12.6. The van der Waals surface area contributed by atoms with Gasteiger partial charge < -0.3 is 9.36 Å². The summed E-state index contributed by atoms with van der Waals surface area (Å²) in [6.45, 7) is 0. The van der Waals surface area contributed by atoms with Crippen molar-refractivity contribution in [3.8, 4) is 0 Å². The van der Waals surface area contributed by atoms with Crippen molar-refractivity contribution < 1.29 is 18.0 Å². The summed E-state index contributed by atoms with van der Waals surface area (Å²) in [5.74, 6) is 0. The van der Waals surface area contributed by atoms with E-state index < -0.39 is 11.7 Å². The second-order valence-corrected chi connectivity index (χ2v) is 3.83. The van der Waals surface area contributed by atoms with Gasteiger partial charge >= 0.3 is 6.18 Å². The van der Waals surface area contributed by atoms with Gasteiger partial charge in [-0.15, -0.1) is 0 Å². The molecule has 1 heterocycles. The average molecular weight is 241 g/mol. The van der Waals surface area contributed by atoms with Gasteiger partial charge in [0.05, 0.1) is 5.56 Å². The predicted octanol–water partition coefficient (Wildman–Crippen LogP) is 2.94. The first-order valence-electron chi connectivity index (χ1n) is 5.03. The maximum Gasteiger partial charge on any atom is 0.417 e. The number of aldehydes is 1. The highest BCUT2D eigenvalue weighted by Crippen LogP contribution is 2.36. The van der Waals surface area contributed by atoms with Crippen LogP contribution in [0.3, 0.4) is 0 Å². The van der Waals surface area contributed by atoms with E-state index in [4.69, 9.17) is 0 Å². The van der Waals surface area contributed by atoms with Crippen LogP contribution in [-0.4, -0.2) is 10.9 Å².